The fraction of sp³-hybridized carbons (Fsp3) is 0.846. The highest BCUT2D eigenvalue weighted by Gasteiger charge is 2.35. The van der Waals surface area contributed by atoms with E-state index < -0.39 is 18.0 Å². The van der Waals surface area contributed by atoms with E-state index in [1.54, 1.807) is 0 Å². The number of aliphatic hydroxyl groups excluding tert-OH is 1. The van der Waals surface area contributed by atoms with E-state index in [1.165, 1.54) is 81.5 Å². The summed E-state index contributed by atoms with van der Waals surface area (Å²) in [5, 5.41) is 28.7. The Hall–Kier alpha value is -1.01. The van der Waals surface area contributed by atoms with Crippen molar-refractivity contribution in [2.45, 2.75) is 127 Å². The van der Waals surface area contributed by atoms with Crippen LogP contribution in [-0.2, 0) is 9.59 Å². The number of allylic oxidation sites excluding steroid dienone is 1. The van der Waals surface area contributed by atoms with Crippen molar-refractivity contribution in [2.75, 3.05) is 5.75 Å². The molecule has 0 aliphatic heterocycles. The first-order valence-corrected chi connectivity index (χ1v) is 13.9. The molecule has 1 rings (SSSR count). The molecule has 1 aliphatic carbocycles. The van der Waals surface area contributed by atoms with Crippen molar-refractivity contribution in [3.8, 4) is 0 Å². The Morgan fingerprint density at radius 2 is 1.47 bits per heavy atom. The molecule has 0 aromatic rings. The zero-order valence-corrected chi connectivity index (χ0v) is 20.9. The minimum Gasteiger partial charge on any atom is -0.481 e. The van der Waals surface area contributed by atoms with Crippen molar-refractivity contribution in [2.24, 2.45) is 5.92 Å². The average molecular weight is 471 g/mol. The Morgan fingerprint density at radius 3 is 2.03 bits per heavy atom. The molecule has 3 N–H and O–H groups in total. The largest absolute Gasteiger partial charge is 0.481 e. The summed E-state index contributed by atoms with van der Waals surface area (Å²) < 4.78 is 0. The summed E-state index contributed by atoms with van der Waals surface area (Å²) in [6.07, 6.45) is 19.6. The highest BCUT2D eigenvalue weighted by atomic mass is 32.2. The predicted octanol–water partition coefficient (Wildman–Crippen LogP) is 6.83. The molecular weight excluding hydrogens is 424 g/mol. The first-order chi connectivity index (χ1) is 15.5. The first kappa shape index (κ1) is 29.0. The molecule has 0 aromatic carbocycles. The molecule has 0 heterocycles. The number of rotatable bonds is 19. The molecule has 0 saturated heterocycles. The standard InChI is InChI=1S/C26H46O5S/c1-2-3-4-5-6-7-8-9-10-11-12-13-14-22-16-15-21(17-18-23(27)28)25(31)26(22)32-20-19-24(29)30/h14,21,25-26,31H,2-13,15-20H2,1H3,(H,27,28)(H,29,30)/b22-14+/t21-,25+,26+/m1/s1. The van der Waals surface area contributed by atoms with Crippen LogP contribution in [-0.4, -0.2) is 44.4 Å². The highest BCUT2D eigenvalue weighted by molar-refractivity contribution is 8.00. The third kappa shape index (κ3) is 13.5. The smallest absolute Gasteiger partial charge is 0.304 e. The first-order valence-electron chi connectivity index (χ1n) is 12.9. The Kier molecular flexibility index (Phi) is 16.7. The Morgan fingerprint density at radius 1 is 0.906 bits per heavy atom. The molecule has 1 aliphatic rings. The van der Waals surface area contributed by atoms with Gasteiger partial charge in [-0.1, -0.05) is 82.8 Å². The van der Waals surface area contributed by atoms with Gasteiger partial charge in [-0.05, 0) is 38.0 Å². The van der Waals surface area contributed by atoms with E-state index in [-0.39, 0.29) is 24.0 Å². The molecule has 0 unspecified atom stereocenters. The molecule has 1 fully saturated rings. The van der Waals surface area contributed by atoms with E-state index in [2.05, 4.69) is 13.0 Å². The number of carboxylic acid groups (broad SMARTS) is 2. The van der Waals surface area contributed by atoms with E-state index in [4.69, 9.17) is 10.2 Å². The lowest BCUT2D eigenvalue weighted by Crippen LogP contribution is -2.37. The molecule has 6 heteroatoms. The van der Waals surface area contributed by atoms with Crippen LogP contribution in [0.1, 0.15) is 116 Å². The summed E-state index contributed by atoms with van der Waals surface area (Å²) in [7, 11) is 0. The molecular formula is C26H46O5S. The van der Waals surface area contributed by atoms with Crippen LogP contribution in [0.5, 0.6) is 0 Å². The van der Waals surface area contributed by atoms with Crippen LogP contribution in [0.25, 0.3) is 0 Å². The predicted molar refractivity (Wildman–Crippen MR) is 133 cm³/mol. The zero-order chi connectivity index (χ0) is 23.6. The second-order valence-electron chi connectivity index (χ2n) is 9.26. The molecule has 186 valence electrons. The van der Waals surface area contributed by atoms with Gasteiger partial charge in [0.15, 0.2) is 0 Å². The van der Waals surface area contributed by atoms with E-state index in [0.717, 1.165) is 25.7 Å². The summed E-state index contributed by atoms with van der Waals surface area (Å²) in [5.74, 6) is -1.20. The van der Waals surface area contributed by atoms with E-state index in [9.17, 15) is 14.7 Å². The van der Waals surface area contributed by atoms with Gasteiger partial charge in [0.2, 0.25) is 0 Å². The Balaban J connectivity index is 2.34. The van der Waals surface area contributed by atoms with Crippen molar-refractivity contribution in [3.63, 3.8) is 0 Å². The van der Waals surface area contributed by atoms with Gasteiger partial charge in [0, 0.05) is 12.2 Å². The molecule has 5 nitrogen and oxygen atoms in total. The van der Waals surface area contributed by atoms with Crippen molar-refractivity contribution in [3.05, 3.63) is 11.6 Å². The number of aliphatic hydroxyl groups is 1. The number of carbonyl (C=O) groups is 2. The molecule has 1 saturated carbocycles. The van der Waals surface area contributed by atoms with Crippen LogP contribution in [0.2, 0.25) is 0 Å². The quantitative estimate of drug-likeness (QED) is 0.141. The normalized spacial score (nSPS) is 22.3. The lowest BCUT2D eigenvalue weighted by Gasteiger charge is -2.36. The fourth-order valence-electron chi connectivity index (χ4n) is 4.55. The Labute approximate surface area is 199 Å². The van der Waals surface area contributed by atoms with Gasteiger partial charge in [-0.3, -0.25) is 9.59 Å². The van der Waals surface area contributed by atoms with E-state index in [0.29, 0.717) is 12.2 Å². The molecule has 0 aromatic heterocycles. The fourth-order valence-corrected chi connectivity index (χ4v) is 5.94. The second kappa shape index (κ2) is 18.4. The van der Waals surface area contributed by atoms with Crippen LogP contribution in [0.4, 0.5) is 0 Å². The van der Waals surface area contributed by atoms with E-state index in [1.807, 2.05) is 0 Å². The molecule has 0 radical (unpaired) electrons. The lowest BCUT2D eigenvalue weighted by molar-refractivity contribution is -0.138. The van der Waals surface area contributed by atoms with Gasteiger partial charge in [-0.15, -0.1) is 0 Å². The summed E-state index contributed by atoms with van der Waals surface area (Å²) in [6.45, 7) is 2.25. The topological polar surface area (TPSA) is 94.8 Å². The molecule has 0 amide bonds. The van der Waals surface area contributed by atoms with Gasteiger partial charge in [0.25, 0.3) is 0 Å². The van der Waals surface area contributed by atoms with Gasteiger partial charge in [-0.2, -0.15) is 11.8 Å². The third-order valence-electron chi connectivity index (χ3n) is 6.52. The van der Waals surface area contributed by atoms with Gasteiger partial charge >= 0.3 is 11.9 Å². The third-order valence-corrected chi connectivity index (χ3v) is 7.90. The minimum atomic E-state index is -0.829. The summed E-state index contributed by atoms with van der Waals surface area (Å²) in [4.78, 5) is 21.8. The summed E-state index contributed by atoms with van der Waals surface area (Å²) in [6, 6.07) is 0. The number of unbranched alkanes of at least 4 members (excludes halogenated alkanes) is 11. The molecule has 0 bridgehead atoms. The van der Waals surface area contributed by atoms with Crippen LogP contribution < -0.4 is 0 Å². The number of hydrogen-bond acceptors (Lipinski definition) is 4. The van der Waals surface area contributed by atoms with Gasteiger partial charge in [0.1, 0.15) is 0 Å². The van der Waals surface area contributed by atoms with E-state index >= 15 is 0 Å². The average Bonchev–Trinajstić information content (AvgIpc) is 2.75. The monoisotopic (exact) mass is 470 g/mol. The van der Waals surface area contributed by atoms with Gasteiger partial charge in [-0.25, -0.2) is 0 Å². The maximum atomic E-state index is 10.9. The van der Waals surface area contributed by atoms with Crippen molar-refractivity contribution < 1.29 is 24.9 Å². The SMILES string of the molecule is CCCCCCCCCCCCC/C=C1\CC[C@H](CCC(=O)O)[C@H](O)[C@H]1SCCC(=O)O. The summed E-state index contributed by atoms with van der Waals surface area (Å²) in [5.41, 5.74) is 1.23. The number of thioether (sulfide) groups is 1. The molecule has 3 atom stereocenters. The summed E-state index contributed by atoms with van der Waals surface area (Å²) >= 11 is 1.52. The minimum absolute atomic E-state index is 0.0208. The number of hydrogen-bond donors (Lipinski definition) is 3. The number of carboxylic acids is 2. The van der Waals surface area contributed by atoms with Gasteiger partial charge < -0.3 is 15.3 Å². The van der Waals surface area contributed by atoms with Crippen LogP contribution >= 0.6 is 11.8 Å². The Bertz CT molecular complexity index is 548. The lowest BCUT2D eigenvalue weighted by atomic mass is 9.80. The molecule has 0 spiro atoms. The maximum Gasteiger partial charge on any atom is 0.304 e. The van der Waals surface area contributed by atoms with Crippen LogP contribution in [0.15, 0.2) is 11.6 Å². The second-order valence-corrected chi connectivity index (χ2v) is 10.5. The van der Waals surface area contributed by atoms with Crippen molar-refractivity contribution in [1.29, 1.82) is 0 Å². The van der Waals surface area contributed by atoms with Crippen molar-refractivity contribution >= 4 is 23.7 Å². The molecule has 32 heavy (non-hydrogen) atoms. The maximum absolute atomic E-state index is 10.9. The highest BCUT2D eigenvalue weighted by Crippen LogP contribution is 2.39. The van der Waals surface area contributed by atoms with Crippen molar-refractivity contribution in [1.82, 2.24) is 0 Å². The van der Waals surface area contributed by atoms with Crippen LogP contribution in [0, 0.1) is 5.92 Å². The van der Waals surface area contributed by atoms with Gasteiger partial charge in [0.05, 0.1) is 17.8 Å². The zero-order valence-electron chi connectivity index (χ0n) is 20.1. The number of aliphatic carboxylic acids is 2. The van der Waals surface area contributed by atoms with Crippen LogP contribution in [0.3, 0.4) is 0 Å².